The van der Waals surface area contributed by atoms with Gasteiger partial charge in [-0.3, -0.25) is 24.0 Å². The average molecular weight is 756 g/mol. The summed E-state index contributed by atoms with van der Waals surface area (Å²) in [6, 6.07) is 13.0. The van der Waals surface area contributed by atoms with E-state index in [1.54, 1.807) is 7.11 Å². The van der Waals surface area contributed by atoms with Crippen LogP contribution in [0.25, 0.3) is 11.1 Å². The van der Waals surface area contributed by atoms with Crippen molar-refractivity contribution >= 4 is 29.3 Å². The van der Waals surface area contributed by atoms with Crippen molar-refractivity contribution in [1.82, 2.24) is 20.5 Å². The summed E-state index contributed by atoms with van der Waals surface area (Å²) in [5.74, 6) is -1.98. The van der Waals surface area contributed by atoms with Gasteiger partial charge in [0.15, 0.2) is 0 Å². The van der Waals surface area contributed by atoms with Crippen LogP contribution in [0.15, 0.2) is 53.8 Å². The van der Waals surface area contributed by atoms with Crippen molar-refractivity contribution < 1.29 is 23.9 Å². The SMILES string of the molecule is C=CC(=O)N1CCC(N(CC)c2cc(-c3ccc(CC4CCNCC4OC)c(C)c3)cc(C(=O)NCc3c(C)cc(C)[nH]c3=O)c2C)CC1.NC(=O)C(N)=O. The summed E-state index contributed by atoms with van der Waals surface area (Å²) in [6.07, 6.45) is 5.31. The second-order valence-corrected chi connectivity index (χ2v) is 14.4. The maximum Gasteiger partial charge on any atom is 0.306 e. The number of likely N-dealkylation sites (tertiary alicyclic amines) is 1. The lowest BCUT2D eigenvalue weighted by Crippen LogP contribution is -2.46. The van der Waals surface area contributed by atoms with E-state index >= 15 is 0 Å². The van der Waals surface area contributed by atoms with Crippen molar-refractivity contribution in [2.45, 2.75) is 79.0 Å². The number of H-pyrrole nitrogens is 1. The molecular weight excluding hydrogens is 699 g/mol. The number of hydrogen-bond donors (Lipinski definition) is 5. The molecule has 2 aromatic carbocycles. The van der Waals surface area contributed by atoms with E-state index in [-0.39, 0.29) is 36.1 Å². The van der Waals surface area contributed by atoms with Gasteiger partial charge >= 0.3 is 11.8 Å². The second kappa shape index (κ2) is 19.4. The highest BCUT2D eigenvalue weighted by molar-refractivity contribution is 6.33. The molecule has 2 atom stereocenters. The summed E-state index contributed by atoms with van der Waals surface area (Å²) in [7, 11) is 1.80. The number of amides is 4. The maximum absolute atomic E-state index is 14.0. The van der Waals surface area contributed by atoms with Gasteiger partial charge in [0, 0.05) is 68.4 Å². The van der Waals surface area contributed by atoms with Crippen LogP contribution in [-0.2, 0) is 32.1 Å². The summed E-state index contributed by atoms with van der Waals surface area (Å²) >= 11 is 0. The van der Waals surface area contributed by atoms with E-state index in [4.69, 9.17) is 4.74 Å². The molecule has 0 radical (unpaired) electrons. The first kappa shape index (κ1) is 42.5. The number of carbonyl (C=O) groups is 4. The predicted molar refractivity (Wildman–Crippen MR) is 216 cm³/mol. The van der Waals surface area contributed by atoms with Gasteiger partial charge in [-0.15, -0.1) is 0 Å². The fourth-order valence-corrected chi connectivity index (χ4v) is 7.70. The van der Waals surface area contributed by atoms with Gasteiger partial charge in [0.05, 0.1) is 6.10 Å². The van der Waals surface area contributed by atoms with Crippen LogP contribution < -0.4 is 32.6 Å². The highest BCUT2D eigenvalue weighted by atomic mass is 16.5. The number of anilines is 1. The molecule has 13 heteroatoms. The van der Waals surface area contributed by atoms with Crippen molar-refractivity contribution in [2.24, 2.45) is 17.4 Å². The minimum absolute atomic E-state index is 0.0296. The normalized spacial score (nSPS) is 17.1. The average Bonchev–Trinajstić information content (AvgIpc) is 3.16. The Bertz CT molecular complexity index is 1940. The molecule has 13 nitrogen and oxygen atoms in total. The van der Waals surface area contributed by atoms with Gasteiger partial charge < -0.3 is 41.6 Å². The number of aryl methyl sites for hydroxylation is 3. The monoisotopic (exact) mass is 755 g/mol. The van der Waals surface area contributed by atoms with E-state index in [1.807, 2.05) is 37.8 Å². The van der Waals surface area contributed by atoms with Crippen molar-refractivity contribution in [3.63, 3.8) is 0 Å². The number of carbonyl (C=O) groups excluding carboxylic acids is 4. The number of rotatable bonds is 11. The number of aromatic amines is 1. The topological polar surface area (TPSA) is 193 Å². The highest BCUT2D eigenvalue weighted by Gasteiger charge is 2.29. The molecule has 7 N–H and O–H groups in total. The number of primary amides is 2. The van der Waals surface area contributed by atoms with Crippen molar-refractivity contribution in [3.05, 3.63) is 98.5 Å². The van der Waals surface area contributed by atoms with Gasteiger partial charge in [0.25, 0.3) is 11.5 Å². The minimum atomic E-state index is -1.10. The smallest absolute Gasteiger partial charge is 0.306 e. The number of aromatic nitrogens is 1. The fraction of sp³-hybridized carbons (Fsp3) is 0.452. The van der Waals surface area contributed by atoms with Gasteiger partial charge in [-0.2, -0.15) is 0 Å². The quantitative estimate of drug-likeness (QED) is 0.145. The van der Waals surface area contributed by atoms with Gasteiger partial charge in [0.1, 0.15) is 0 Å². The molecule has 2 aliphatic rings. The molecular formula is C42H57N7O6. The summed E-state index contributed by atoms with van der Waals surface area (Å²) in [5.41, 5.74) is 17.7. The number of methoxy groups -OCH3 is 1. The summed E-state index contributed by atoms with van der Waals surface area (Å²) in [6.45, 7) is 17.9. The van der Waals surface area contributed by atoms with Crippen LogP contribution in [0, 0.1) is 33.6 Å². The zero-order valence-corrected chi connectivity index (χ0v) is 33.1. The van der Waals surface area contributed by atoms with Crippen LogP contribution in [0.2, 0.25) is 0 Å². The van der Waals surface area contributed by atoms with E-state index in [0.29, 0.717) is 30.1 Å². The van der Waals surface area contributed by atoms with E-state index in [9.17, 15) is 24.0 Å². The third-order valence-electron chi connectivity index (χ3n) is 10.9. The number of nitrogens with zero attached hydrogens (tertiary/aromatic N) is 2. The molecule has 4 amide bonds. The molecule has 2 saturated heterocycles. The Labute approximate surface area is 323 Å². The van der Waals surface area contributed by atoms with Gasteiger partial charge in [-0.05, 0) is 130 Å². The Morgan fingerprint density at radius 3 is 2.25 bits per heavy atom. The number of ether oxygens (including phenoxy) is 1. The third kappa shape index (κ3) is 10.7. The largest absolute Gasteiger partial charge is 0.380 e. The molecule has 296 valence electrons. The zero-order chi connectivity index (χ0) is 40.4. The molecule has 0 aliphatic carbocycles. The summed E-state index contributed by atoms with van der Waals surface area (Å²) in [4.78, 5) is 65.0. The third-order valence-corrected chi connectivity index (χ3v) is 10.9. The number of pyridine rings is 1. The van der Waals surface area contributed by atoms with Crippen molar-refractivity contribution in [2.75, 3.05) is 44.7 Å². The molecule has 3 heterocycles. The Hall–Kier alpha value is -5.27. The molecule has 3 aromatic rings. The van der Waals surface area contributed by atoms with Gasteiger partial charge in [-0.25, -0.2) is 0 Å². The Balaban J connectivity index is 0.00000104. The standard InChI is InChI=1S/C40H53N5O4.C2H4N2O2/c1-8-38(46)44-16-13-33(14-17-44)45(9-2)36-22-32(30-11-10-29(25(3)19-30)20-31-12-15-41-24-37(31)49-7)21-34(28(36)6)39(47)42-23-35-26(4)18-27(5)43-40(35)48;3-1(5)2(4)6/h8,10-11,18-19,21-22,31,33,37,41H,1,9,12-17,20,23-24H2,2-7H3,(H,42,47)(H,43,48);(H2,3,5)(H2,4,6). The lowest BCUT2D eigenvalue weighted by Gasteiger charge is -2.40. The lowest BCUT2D eigenvalue weighted by atomic mass is 9.86. The first-order valence-corrected chi connectivity index (χ1v) is 18.9. The van der Waals surface area contributed by atoms with Crippen LogP contribution in [0.5, 0.6) is 0 Å². The molecule has 0 saturated carbocycles. The van der Waals surface area contributed by atoms with Crippen LogP contribution in [0.4, 0.5) is 5.69 Å². The van der Waals surface area contributed by atoms with Crippen LogP contribution in [0.1, 0.15) is 70.1 Å². The van der Waals surface area contributed by atoms with Crippen LogP contribution >= 0.6 is 0 Å². The molecule has 0 spiro atoms. The second-order valence-electron chi connectivity index (χ2n) is 14.4. The minimum Gasteiger partial charge on any atom is -0.380 e. The predicted octanol–water partition coefficient (Wildman–Crippen LogP) is 3.33. The van der Waals surface area contributed by atoms with E-state index in [0.717, 1.165) is 79.0 Å². The molecule has 2 fully saturated rings. The van der Waals surface area contributed by atoms with E-state index in [1.165, 1.54) is 17.2 Å². The zero-order valence-electron chi connectivity index (χ0n) is 33.1. The number of piperidine rings is 2. The van der Waals surface area contributed by atoms with Crippen LogP contribution in [0.3, 0.4) is 0 Å². The molecule has 1 aromatic heterocycles. The molecule has 55 heavy (non-hydrogen) atoms. The van der Waals surface area contributed by atoms with Gasteiger partial charge in [-0.1, -0.05) is 24.8 Å². The number of nitrogens with two attached hydrogens (primary N) is 2. The highest BCUT2D eigenvalue weighted by Crippen LogP contribution is 2.35. The first-order valence-electron chi connectivity index (χ1n) is 18.9. The molecule has 2 aliphatic heterocycles. The Kier molecular flexibility index (Phi) is 14.9. The Morgan fingerprint density at radius 2 is 1.67 bits per heavy atom. The van der Waals surface area contributed by atoms with Gasteiger partial charge in [0.2, 0.25) is 5.91 Å². The van der Waals surface area contributed by atoms with Crippen LogP contribution in [-0.4, -0.2) is 85.5 Å². The maximum atomic E-state index is 14.0. The molecule has 0 bridgehead atoms. The van der Waals surface area contributed by atoms with E-state index in [2.05, 4.69) is 76.7 Å². The lowest BCUT2D eigenvalue weighted by molar-refractivity contribution is -0.135. The van der Waals surface area contributed by atoms with E-state index < -0.39 is 11.8 Å². The summed E-state index contributed by atoms with van der Waals surface area (Å²) < 4.78 is 5.79. The number of nitrogens with one attached hydrogen (secondary N) is 3. The van der Waals surface area contributed by atoms with Crippen molar-refractivity contribution in [3.8, 4) is 11.1 Å². The Morgan fingerprint density at radius 1 is 0.982 bits per heavy atom. The summed E-state index contributed by atoms with van der Waals surface area (Å²) in [5, 5.41) is 6.50. The van der Waals surface area contributed by atoms with Crippen molar-refractivity contribution in [1.29, 1.82) is 0 Å². The number of benzene rings is 2. The first-order chi connectivity index (χ1) is 26.2. The number of hydrogen-bond acceptors (Lipinski definition) is 8. The molecule has 2 unspecified atom stereocenters. The fourth-order valence-electron chi connectivity index (χ4n) is 7.70. The molecule has 5 rings (SSSR count).